The van der Waals surface area contributed by atoms with Crippen LogP contribution in [0, 0.1) is 5.82 Å². The van der Waals surface area contributed by atoms with Crippen LogP contribution in [0.5, 0.6) is 0 Å². The molecule has 0 saturated heterocycles. The average molecular weight is 361 g/mol. The number of hydrogen-bond donors (Lipinski definition) is 1. The van der Waals surface area contributed by atoms with Gasteiger partial charge in [0, 0.05) is 7.05 Å². The smallest absolute Gasteiger partial charge is 0.142 e. The van der Waals surface area contributed by atoms with Crippen molar-refractivity contribution in [2.75, 3.05) is 6.54 Å². The van der Waals surface area contributed by atoms with Crippen LogP contribution < -0.4 is 5.32 Å². The Morgan fingerprint density at radius 2 is 2.25 bits per heavy atom. The summed E-state index contributed by atoms with van der Waals surface area (Å²) in [5.74, 6) is -0.411. The first kappa shape index (κ1) is 15.5. The van der Waals surface area contributed by atoms with Gasteiger partial charge in [0.2, 0.25) is 0 Å². The molecule has 1 aromatic heterocycles. The summed E-state index contributed by atoms with van der Waals surface area (Å²) in [5.41, 5.74) is 1.78. The van der Waals surface area contributed by atoms with Crippen LogP contribution in [0.25, 0.3) is 0 Å². The maximum atomic E-state index is 13.7. The number of aryl methyl sites for hydroxylation is 1. The summed E-state index contributed by atoms with van der Waals surface area (Å²) in [6.45, 7) is 2.91. The molecule has 0 amide bonds. The maximum absolute atomic E-state index is 13.7. The van der Waals surface area contributed by atoms with E-state index in [1.165, 1.54) is 6.07 Å². The summed E-state index contributed by atoms with van der Waals surface area (Å²) in [6.07, 6.45) is 2.73. The first-order valence-electron chi connectivity index (χ1n) is 6.40. The van der Waals surface area contributed by atoms with Gasteiger partial charge in [0.1, 0.15) is 5.82 Å². The van der Waals surface area contributed by atoms with Crippen molar-refractivity contribution < 1.29 is 4.39 Å². The molecule has 1 unspecified atom stereocenters. The van der Waals surface area contributed by atoms with Gasteiger partial charge >= 0.3 is 0 Å². The second-order valence-electron chi connectivity index (χ2n) is 4.56. The molecule has 1 aromatic carbocycles. The van der Waals surface area contributed by atoms with E-state index in [2.05, 4.69) is 33.3 Å². The molecule has 2 aromatic rings. The van der Waals surface area contributed by atoms with Gasteiger partial charge in [-0.05, 0) is 46.6 Å². The second-order valence-corrected chi connectivity index (χ2v) is 5.82. The first-order valence-corrected chi connectivity index (χ1v) is 7.57. The van der Waals surface area contributed by atoms with Gasteiger partial charge in [0.25, 0.3) is 0 Å². The third-order valence-corrected chi connectivity index (χ3v) is 4.00. The Labute approximate surface area is 131 Å². The zero-order valence-electron chi connectivity index (χ0n) is 11.3. The molecule has 0 spiro atoms. The molecular weight excluding hydrogens is 345 g/mol. The Morgan fingerprint density at radius 1 is 1.50 bits per heavy atom. The number of nitrogens with zero attached hydrogens (tertiary/aromatic N) is 2. The van der Waals surface area contributed by atoms with E-state index in [9.17, 15) is 4.39 Å². The Bertz CT molecular complexity index is 581. The highest BCUT2D eigenvalue weighted by molar-refractivity contribution is 9.10. The molecule has 1 heterocycles. The lowest BCUT2D eigenvalue weighted by molar-refractivity contribution is 0.546. The number of aromatic nitrogens is 2. The van der Waals surface area contributed by atoms with Crippen molar-refractivity contribution in [1.82, 2.24) is 15.1 Å². The van der Waals surface area contributed by atoms with Gasteiger partial charge in [0.15, 0.2) is 0 Å². The van der Waals surface area contributed by atoms with Gasteiger partial charge < -0.3 is 5.32 Å². The largest absolute Gasteiger partial charge is 0.305 e. The Balaban J connectivity index is 2.44. The zero-order chi connectivity index (χ0) is 14.7. The van der Waals surface area contributed by atoms with E-state index >= 15 is 0 Å². The molecule has 20 heavy (non-hydrogen) atoms. The lowest BCUT2D eigenvalue weighted by Crippen LogP contribution is -2.25. The Morgan fingerprint density at radius 3 is 2.80 bits per heavy atom. The van der Waals surface area contributed by atoms with Crippen molar-refractivity contribution in [3.8, 4) is 0 Å². The highest BCUT2D eigenvalue weighted by atomic mass is 79.9. The zero-order valence-corrected chi connectivity index (χ0v) is 13.7. The first-order chi connectivity index (χ1) is 9.54. The molecule has 0 fully saturated rings. The van der Waals surface area contributed by atoms with E-state index in [4.69, 9.17) is 11.6 Å². The topological polar surface area (TPSA) is 29.9 Å². The van der Waals surface area contributed by atoms with Crippen molar-refractivity contribution in [3.63, 3.8) is 0 Å². The molecule has 0 aliphatic heterocycles. The minimum atomic E-state index is -0.411. The van der Waals surface area contributed by atoms with Crippen molar-refractivity contribution in [2.24, 2.45) is 7.05 Å². The molecule has 0 aliphatic carbocycles. The second kappa shape index (κ2) is 6.70. The van der Waals surface area contributed by atoms with Crippen LogP contribution in [0.4, 0.5) is 4.39 Å². The lowest BCUT2D eigenvalue weighted by Gasteiger charge is -2.20. The summed E-state index contributed by atoms with van der Waals surface area (Å²) < 4.78 is 16.4. The third-order valence-electron chi connectivity index (χ3n) is 3.09. The molecule has 0 saturated carbocycles. The van der Waals surface area contributed by atoms with Gasteiger partial charge in [-0.3, -0.25) is 4.68 Å². The highest BCUT2D eigenvalue weighted by Crippen LogP contribution is 2.29. The molecule has 0 bridgehead atoms. The number of halogens is 3. The maximum Gasteiger partial charge on any atom is 0.142 e. The van der Waals surface area contributed by atoms with Crippen LogP contribution in [0.2, 0.25) is 5.02 Å². The van der Waals surface area contributed by atoms with Crippen LogP contribution in [0.1, 0.15) is 30.6 Å². The van der Waals surface area contributed by atoms with Crippen molar-refractivity contribution in [1.29, 1.82) is 0 Å². The standard InChI is InChI=1S/C14H16BrClFN3/c1-3-6-18-13(14-10(15)8-19-20(14)2)9-4-5-11(16)12(17)7-9/h4-5,7-8,13,18H,3,6H2,1-2H3. The number of hydrogen-bond acceptors (Lipinski definition) is 2. The summed E-state index contributed by atoms with van der Waals surface area (Å²) in [7, 11) is 1.87. The van der Waals surface area contributed by atoms with Crippen LogP contribution in [0.3, 0.4) is 0 Å². The molecular formula is C14H16BrClFN3. The fraction of sp³-hybridized carbons (Fsp3) is 0.357. The molecule has 6 heteroatoms. The van der Waals surface area contributed by atoms with Gasteiger partial charge in [-0.1, -0.05) is 24.6 Å². The molecule has 3 nitrogen and oxygen atoms in total. The number of rotatable bonds is 5. The predicted octanol–water partition coefficient (Wildman–Crippen LogP) is 4.06. The van der Waals surface area contributed by atoms with Gasteiger partial charge in [-0.15, -0.1) is 0 Å². The van der Waals surface area contributed by atoms with Crippen molar-refractivity contribution in [2.45, 2.75) is 19.4 Å². The minimum Gasteiger partial charge on any atom is -0.305 e. The van der Waals surface area contributed by atoms with E-state index in [0.29, 0.717) is 0 Å². The molecule has 1 atom stereocenters. The van der Waals surface area contributed by atoms with Crippen molar-refractivity contribution >= 4 is 27.5 Å². The molecule has 0 aliphatic rings. The quantitative estimate of drug-likeness (QED) is 0.871. The van der Waals surface area contributed by atoms with E-state index in [-0.39, 0.29) is 11.1 Å². The van der Waals surface area contributed by atoms with E-state index in [1.807, 2.05) is 13.1 Å². The minimum absolute atomic E-state index is 0.132. The lowest BCUT2D eigenvalue weighted by atomic mass is 10.0. The van der Waals surface area contributed by atoms with E-state index in [0.717, 1.165) is 28.7 Å². The average Bonchev–Trinajstić information content (AvgIpc) is 2.75. The summed E-state index contributed by atoms with van der Waals surface area (Å²) in [6, 6.07) is 4.74. The fourth-order valence-electron chi connectivity index (χ4n) is 2.10. The normalized spacial score (nSPS) is 12.7. The Hall–Kier alpha value is -0.910. The van der Waals surface area contributed by atoms with Crippen molar-refractivity contribution in [3.05, 3.63) is 51.0 Å². The summed E-state index contributed by atoms with van der Waals surface area (Å²) in [4.78, 5) is 0. The van der Waals surface area contributed by atoms with Crippen LogP contribution in [-0.4, -0.2) is 16.3 Å². The monoisotopic (exact) mass is 359 g/mol. The molecule has 1 N–H and O–H groups in total. The highest BCUT2D eigenvalue weighted by Gasteiger charge is 2.21. The summed E-state index contributed by atoms with van der Waals surface area (Å²) in [5, 5.41) is 7.77. The summed E-state index contributed by atoms with van der Waals surface area (Å²) >= 11 is 9.25. The Kier molecular flexibility index (Phi) is 5.18. The van der Waals surface area contributed by atoms with Crippen LogP contribution in [0.15, 0.2) is 28.9 Å². The molecule has 108 valence electrons. The molecule has 2 rings (SSSR count). The SMILES string of the molecule is CCCNC(c1ccc(Cl)c(F)c1)c1c(Br)cnn1C. The predicted molar refractivity (Wildman–Crippen MR) is 82.5 cm³/mol. The molecule has 0 radical (unpaired) electrons. The van der Waals surface area contributed by atoms with E-state index in [1.54, 1.807) is 16.9 Å². The van der Waals surface area contributed by atoms with Crippen LogP contribution >= 0.6 is 27.5 Å². The van der Waals surface area contributed by atoms with E-state index < -0.39 is 5.82 Å². The third kappa shape index (κ3) is 3.22. The number of benzene rings is 1. The van der Waals surface area contributed by atoms with Crippen LogP contribution in [-0.2, 0) is 7.05 Å². The fourth-order valence-corrected chi connectivity index (χ4v) is 2.79. The van der Waals surface area contributed by atoms with Gasteiger partial charge in [-0.25, -0.2) is 4.39 Å². The van der Waals surface area contributed by atoms with Gasteiger partial charge in [-0.2, -0.15) is 5.10 Å². The van der Waals surface area contributed by atoms with Gasteiger partial charge in [0.05, 0.1) is 27.4 Å². The number of nitrogens with one attached hydrogen (secondary N) is 1.